The Kier molecular flexibility index (Phi) is 8.37. The summed E-state index contributed by atoms with van der Waals surface area (Å²) in [6.07, 6.45) is 3.14. The van der Waals surface area contributed by atoms with Crippen molar-refractivity contribution < 1.29 is 14.3 Å². The zero-order valence-corrected chi connectivity index (χ0v) is 15.2. The van der Waals surface area contributed by atoms with E-state index in [4.69, 9.17) is 0 Å². The van der Waals surface area contributed by atoms with Crippen LogP contribution < -0.4 is 5.32 Å². The summed E-state index contributed by atoms with van der Waals surface area (Å²) in [5.74, 6) is -0.192. The summed E-state index contributed by atoms with van der Waals surface area (Å²) in [4.78, 5) is 27.4. The third kappa shape index (κ3) is 8.79. The monoisotopic (exact) mass is 327 g/mol. The maximum atomic E-state index is 12.1. The fourth-order valence-electron chi connectivity index (χ4n) is 2.47. The molecule has 0 aromatic heterocycles. The first-order chi connectivity index (χ1) is 10.8. The molecule has 0 bridgehead atoms. The van der Waals surface area contributed by atoms with E-state index < -0.39 is 0 Å². The second kappa shape index (κ2) is 9.75. The number of carbonyl (C=O) groups is 2. The van der Waals surface area contributed by atoms with Gasteiger partial charge in [0.1, 0.15) is 0 Å². The van der Waals surface area contributed by atoms with Crippen molar-refractivity contribution in [1.29, 1.82) is 0 Å². The first kappa shape index (κ1) is 19.7. The maximum absolute atomic E-state index is 12.1. The lowest BCUT2D eigenvalue weighted by Crippen LogP contribution is -2.52. The molecule has 0 saturated carbocycles. The van der Waals surface area contributed by atoms with Crippen molar-refractivity contribution in [2.24, 2.45) is 5.41 Å². The molecule has 0 spiro atoms. The van der Waals surface area contributed by atoms with Crippen LogP contribution in [0.2, 0.25) is 0 Å². The van der Waals surface area contributed by atoms with Gasteiger partial charge in [-0.05, 0) is 31.2 Å². The number of piperazine rings is 1. The number of unbranched alkanes of at least 4 members (excludes halogenated alkanes) is 1. The summed E-state index contributed by atoms with van der Waals surface area (Å²) < 4.78 is 4.58. The van der Waals surface area contributed by atoms with Gasteiger partial charge in [0.05, 0.1) is 7.11 Å². The molecule has 1 aliphatic heterocycles. The Balaban J connectivity index is 2.11. The topological polar surface area (TPSA) is 61.9 Å². The second-order valence-electron chi connectivity index (χ2n) is 7.40. The Labute approximate surface area is 140 Å². The van der Waals surface area contributed by atoms with E-state index >= 15 is 0 Å². The van der Waals surface area contributed by atoms with Gasteiger partial charge in [-0.15, -0.1) is 0 Å². The molecule has 1 rings (SSSR count). The second-order valence-corrected chi connectivity index (χ2v) is 7.40. The van der Waals surface area contributed by atoms with Crippen LogP contribution in [0.4, 0.5) is 4.79 Å². The van der Waals surface area contributed by atoms with Crippen LogP contribution in [0.1, 0.15) is 46.5 Å². The van der Waals surface area contributed by atoms with Gasteiger partial charge >= 0.3 is 12.0 Å². The number of methoxy groups -OCH3 is 1. The van der Waals surface area contributed by atoms with Gasteiger partial charge in [0.15, 0.2) is 0 Å². The quantitative estimate of drug-likeness (QED) is 0.574. The summed E-state index contributed by atoms with van der Waals surface area (Å²) in [6.45, 7) is 12.0. The van der Waals surface area contributed by atoms with E-state index in [-0.39, 0.29) is 12.0 Å². The number of hydrogen-bond donors (Lipinski definition) is 1. The van der Waals surface area contributed by atoms with Crippen molar-refractivity contribution in [3.63, 3.8) is 0 Å². The molecule has 1 aliphatic rings. The number of nitrogens with zero attached hydrogens (tertiary/aromatic N) is 2. The van der Waals surface area contributed by atoms with Crippen molar-refractivity contribution in [2.75, 3.05) is 46.4 Å². The molecule has 0 aliphatic carbocycles. The molecule has 0 atom stereocenters. The third-order valence-electron chi connectivity index (χ3n) is 4.15. The van der Waals surface area contributed by atoms with E-state index in [1.165, 1.54) is 13.5 Å². The van der Waals surface area contributed by atoms with Crippen molar-refractivity contribution >= 4 is 12.0 Å². The number of urea groups is 1. The van der Waals surface area contributed by atoms with E-state index in [9.17, 15) is 9.59 Å². The molecule has 6 nitrogen and oxygen atoms in total. The predicted molar refractivity (Wildman–Crippen MR) is 91.4 cm³/mol. The van der Waals surface area contributed by atoms with Gasteiger partial charge in [0.2, 0.25) is 0 Å². The van der Waals surface area contributed by atoms with Gasteiger partial charge < -0.3 is 15.0 Å². The highest BCUT2D eigenvalue weighted by Crippen LogP contribution is 2.19. The van der Waals surface area contributed by atoms with Gasteiger partial charge in [-0.1, -0.05) is 20.8 Å². The van der Waals surface area contributed by atoms with Gasteiger partial charge in [-0.2, -0.15) is 0 Å². The van der Waals surface area contributed by atoms with Crippen molar-refractivity contribution in [1.82, 2.24) is 15.1 Å². The van der Waals surface area contributed by atoms with Crippen LogP contribution in [0.15, 0.2) is 0 Å². The number of rotatable bonds is 7. The third-order valence-corrected chi connectivity index (χ3v) is 4.15. The van der Waals surface area contributed by atoms with Crippen molar-refractivity contribution in [2.45, 2.75) is 46.5 Å². The molecular formula is C17H33N3O3. The van der Waals surface area contributed by atoms with Crippen LogP contribution >= 0.6 is 0 Å². The summed E-state index contributed by atoms with van der Waals surface area (Å²) in [5, 5.41) is 2.93. The van der Waals surface area contributed by atoms with Crippen molar-refractivity contribution in [3.8, 4) is 0 Å². The molecule has 1 heterocycles. The number of nitrogens with one attached hydrogen (secondary N) is 1. The SMILES string of the molecule is COC(=O)CCCCNC(=O)N1CCN(CCC(C)(C)C)CC1. The molecule has 1 N–H and O–H groups in total. The lowest BCUT2D eigenvalue weighted by Gasteiger charge is -2.35. The molecule has 1 fully saturated rings. The molecule has 0 radical (unpaired) electrons. The van der Waals surface area contributed by atoms with Crippen LogP contribution in [-0.4, -0.2) is 68.2 Å². The molecule has 134 valence electrons. The minimum atomic E-state index is -0.192. The van der Waals surface area contributed by atoms with Gasteiger partial charge in [0.25, 0.3) is 0 Å². The number of ether oxygens (including phenoxy) is 1. The van der Waals surface area contributed by atoms with E-state index in [0.29, 0.717) is 18.4 Å². The molecule has 23 heavy (non-hydrogen) atoms. The number of amides is 2. The van der Waals surface area contributed by atoms with Gasteiger partial charge in [0, 0.05) is 39.1 Å². The predicted octanol–water partition coefficient (Wildman–Crippen LogP) is 2.09. The van der Waals surface area contributed by atoms with E-state index in [2.05, 4.69) is 35.7 Å². The van der Waals surface area contributed by atoms with E-state index in [1.54, 1.807) is 0 Å². The highest BCUT2D eigenvalue weighted by molar-refractivity contribution is 5.74. The van der Waals surface area contributed by atoms with Crippen LogP contribution in [0, 0.1) is 5.41 Å². The van der Waals surface area contributed by atoms with Crippen LogP contribution in [0.5, 0.6) is 0 Å². The Morgan fingerprint density at radius 2 is 1.74 bits per heavy atom. The first-order valence-corrected chi connectivity index (χ1v) is 8.64. The Hall–Kier alpha value is -1.30. The van der Waals surface area contributed by atoms with Crippen LogP contribution in [0.3, 0.4) is 0 Å². The molecule has 2 amide bonds. The van der Waals surface area contributed by atoms with Gasteiger partial charge in [-0.25, -0.2) is 4.79 Å². The summed E-state index contributed by atoms with van der Waals surface area (Å²) in [5.41, 5.74) is 0.360. The zero-order valence-electron chi connectivity index (χ0n) is 15.2. The average Bonchev–Trinajstić information content (AvgIpc) is 2.52. The molecule has 0 aromatic rings. The molecular weight excluding hydrogens is 294 g/mol. The highest BCUT2D eigenvalue weighted by Gasteiger charge is 2.21. The largest absolute Gasteiger partial charge is 0.469 e. The van der Waals surface area contributed by atoms with E-state index in [0.717, 1.165) is 45.6 Å². The highest BCUT2D eigenvalue weighted by atomic mass is 16.5. The smallest absolute Gasteiger partial charge is 0.317 e. The lowest BCUT2D eigenvalue weighted by atomic mass is 9.92. The fraction of sp³-hybridized carbons (Fsp3) is 0.882. The Morgan fingerprint density at radius 3 is 2.30 bits per heavy atom. The van der Waals surface area contributed by atoms with Crippen LogP contribution in [0.25, 0.3) is 0 Å². The number of hydrogen-bond acceptors (Lipinski definition) is 4. The van der Waals surface area contributed by atoms with E-state index in [1.807, 2.05) is 4.90 Å². The minimum Gasteiger partial charge on any atom is -0.469 e. The number of esters is 1. The zero-order chi connectivity index (χ0) is 17.3. The number of carbonyl (C=O) groups excluding carboxylic acids is 2. The summed E-state index contributed by atoms with van der Waals surface area (Å²) >= 11 is 0. The lowest BCUT2D eigenvalue weighted by molar-refractivity contribution is -0.140. The normalized spacial score (nSPS) is 16.3. The molecule has 0 unspecified atom stereocenters. The Bertz CT molecular complexity index is 372. The standard InChI is InChI=1S/C17H33N3O3/c1-17(2,3)8-10-19-11-13-20(14-12-19)16(22)18-9-6-5-7-15(21)23-4/h5-14H2,1-4H3,(H,18,22). The minimum absolute atomic E-state index is 0.0125. The molecule has 6 heteroatoms. The molecule has 1 saturated heterocycles. The van der Waals surface area contributed by atoms with Crippen molar-refractivity contribution in [3.05, 3.63) is 0 Å². The summed E-state index contributed by atoms with van der Waals surface area (Å²) in [6, 6.07) is 0.0125. The first-order valence-electron chi connectivity index (χ1n) is 8.64. The van der Waals surface area contributed by atoms with Crippen LogP contribution in [-0.2, 0) is 9.53 Å². The summed E-state index contributed by atoms with van der Waals surface area (Å²) in [7, 11) is 1.39. The Morgan fingerprint density at radius 1 is 1.09 bits per heavy atom. The van der Waals surface area contributed by atoms with Gasteiger partial charge in [-0.3, -0.25) is 9.69 Å². The maximum Gasteiger partial charge on any atom is 0.317 e. The average molecular weight is 327 g/mol. The molecule has 0 aromatic carbocycles. The fourth-order valence-corrected chi connectivity index (χ4v) is 2.47.